The SMILES string of the molecule is Cc1c(F)cccc1NCCOC(C)C. The first-order valence-corrected chi connectivity index (χ1v) is 5.22. The smallest absolute Gasteiger partial charge is 0.128 e. The van der Waals surface area contributed by atoms with Crippen LogP contribution in [0.5, 0.6) is 0 Å². The summed E-state index contributed by atoms with van der Waals surface area (Å²) in [7, 11) is 0. The van der Waals surface area contributed by atoms with E-state index in [1.54, 1.807) is 13.0 Å². The number of hydrogen-bond acceptors (Lipinski definition) is 2. The molecule has 0 amide bonds. The molecule has 0 aromatic heterocycles. The van der Waals surface area contributed by atoms with Crippen LogP contribution in [-0.2, 0) is 4.74 Å². The lowest BCUT2D eigenvalue weighted by molar-refractivity contribution is 0.0870. The standard InChI is InChI=1S/C12H18FNO/c1-9(2)15-8-7-14-12-6-4-5-11(13)10(12)3/h4-6,9,14H,7-8H2,1-3H3. The molecule has 3 heteroatoms. The molecule has 0 aliphatic rings. The van der Waals surface area contributed by atoms with Crippen LogP contribution in [0, 0.1) is 12.7 Å². The number of anilines is 1. The van der Waals surface area contributed by atoms with E-state index in [2.05, 4.69) is 5.32 Å². The second kappa shape index (κ2) is 5.71. The first kappa shape index (κ1) is 12.0. The molecule has 0 radical (unpaired) electrons. The van der Waals surface area contributed by atoms with Gasteiger partial charge in [-0.1, -0.05) is 6.07 Å². The zero-order valence-electron chi connectivity index (χ0n) is 9.51. The van der Waals surface area contributed by atoms with Crippen molar-refractivity contribution in [3.63, 3.8) is 0 Å². The van der Waals surface area contributed by atoms with Crippen molar-refractivity contribution in [3.05, 3.63) is 29.6 Å². The highest BCUT2D eigenvalue weighted by Crippen LogP contribution is 2.16. The second-order valence-electron chi connectivity index (χ2n) is 3.76. The Kier molecular flexibility index (Phi) is 4.56. The highest BCUT2D eigenvalue weighted by Gasteiger charge is 2.02. The number of ether oxygens (including phenoxy) is 1. The van der Waals surface area contributed by atoms with E-state index in [1.165, 1.54) is 6.07 Å². The third-order valence-electron chi connectivity index (χ3n) is 2.14. The molecule has 0 heterocycles. The van der Waals surface area contributed by atoms with Crippen molar-refractivity contribution in [1.82, 2.24) is 0 Å². The largest absolute Gasteiger partial charge is 0.382 e. The first-order chi connectivity index (χ1) is 7.11. The summed E-state index contributed by atoms with van der Waals surface area (Å²) in [5.74, 6) is -0.176. The lowest BCUT2D eigenvalue weighted by Crippen LogP contribution is -2.13. The molecule has 0 aliphatic carbocycles. The molecule has 0 atom stereocenters. The molecule has 0 spiro atoms. The Hall–Kier alpha value is -1.09. The van der Waals surface area contributed by atoms with Crippen LogP contribution in [0.1, 0.15) is 19.4 Å². The van der Waals surface area contributed by atoms with Gasteiger partial charge in [-0.2, -0.15) is 0 Å². The van der Waals surface area contributed by atoms with E-state index >= 15 is 0 Å². The monoisotopic (exact) mass is 211 g/mol. The molecule has 1 N–H and O–H groups in total. The third-order valence-corrected chi connectivity index (χ3v) is 2.14. The fourth-order valence-electron chi connectivity index (χ4n) is 1.28. The fourth-order valence-corrected chi connectivity index (χ4v) is 1.28. The minimum Gasteiger partial charge on any atom is -0.382 e. The molecule has 84 valence electrons. The molecule has 0 fully saturated rings. The van der Waals surface area contributed by atoms with Gasteiger partial charge in [-0.25, -0.2) is 4.39 Å². The Morgan fingerprint density at radius 2 is 2.13 bits per heavy atom. The predicted molar refractivity (Wildman–Crippen MR) is 60.7 cm³/mol. The van der Waals surface area contributed by atoms with Gasteiger partial charge in [0.25, 0.3) is 0 Å². The van der Waals surface area contributed by atoms with Crippen molar-refractivity contribution in [2.24, 2.45) is 0 Å². The zero-order valence-corrected chi connectivity index (χ0v) is 9.51. The molecular formula is C12H18FNO. The maximum absolute atomic E-state index is 13.1. The van der Waals surface area contributed by atoms with Crippen molar-refractivity contribution in [2.45, 2.75) is 26.9 Å². The average molecular weight is 211 g/mol. The molecule has 15 heavy (non-hydrogen) atoms. The van der Waals surface area contributed by atoms with E-state index in [1.807, 2.05) is 19.9 Å². The molecule has 0 bridgehead atoms. The van der Waals surface area contributed by atoms with Gasteiger partial charge in [-0.15, -0.1) is 0 Å². The average Bonchev–Trinajstić information content (AvgIpc) is 2.18. The lowest BCUT2D eigenvalue weighted by Gasteiger charge is -2.11. The van der Waals surface area contributed by atoms with Gasteiger partial charge < -0.3 is 10.1 Å². The van der Waals surface area contributed by atoms with Crippen molar-refractivity contribution in [2.75, 3.05) is 18.5 Å². The van der Waals surface area contributed by atoms with E-state index < -0.39 is 0 Å². The highest BCUT2D eigenvalue weighted by molar-refractivity contribution is 5.50. The predicted octanol–water partition coefficient (Wildman–Crippen LogP) is 2.97. The minimum absolute atomic E-state index is 0.176. The summed E-state index contributed by atoms with van der Waals surface area (Å²) in [6, 6.07) is 5.03. The topological polar surface area (TPSA) is 21.3 Å². The van der Waals surface area contributed by atoms with Gasteiger partial charge in [0, 0.05) is 17.8 Å². The Bertz CT molecular complexity index is 312. The zero-order chi connectivity index (χ0) is 11.3. The van der Waals surface area contributed by atoms with Gasteiger partial charge in [0.15, 0.2) is 0 Å². The fraction of sp³-hybridized carbons (Fsp3) is 0.500. The molecule has 1 aromatic rings. The highest BCUT2D eigenvalue weighted by atomic mass is 19.1. The number of rotatable bonds is 5. The van der Waals surface area contributed by atoms with E-state index in [0.29, 0.717) is 18.7 Å². The first-order valence-electron chi connectivity index (χ1n) is 5.22. The number of halogens is 1. The summed E-state index contributed by atoms with van der Waals surface area (Å²) in [4.78, 5) is 0. The van der Waals surface area contributed by atoms with Gasteiger partial charge in [-0.3, -0.25) is 0 Å². The number of benzene rings is 1. The Labute approximate surface area is 90.4 Å². The number of hydrogen-bond donors (Lipinski definition) is 1. The molecule has 1 aromatic carbocycles. The van der Waals surface area contributed by atoms with Crippen molar-refractivity contribution < 1.29 is 9.13 Å². The maximum atomic E-state index is 13.1. The van der Waals surface area contributed by atoms with Crippen LogP contribution < -0.4 is 5.32 Å². The molecule has 0 unspecified atom stereocenters. The molecule has 1 rings (SSSR count). The Morgan fingerprint density at radius 1 is 1.40 bits per heavy atom. The van der Waals surface area contributed by atoms with Crippen LogP contribution in [0.4, 0.5) is 10.1 Å². The molecule has 0 saturated carbocycles. The summed E-state index contributed by atoms with van der Waals surface area (Å²) in [5, 5.41) is 3.14. The Balaban J connectivity index is 2.41. The summed E-state index contributed by atoms with van der Waals surface area (Å²) in [5.41, 5.74) is 1.49. The van der Waals surface area contributed by atoms with Gasteiger partial charge in [-0.05, 0) is 32.9 Å². The van der Waals surface area contributed by atoms with Gasteiger partial charge in [0.2, 0.25) is 0 Å². The lowest BCUT2D eigenvalue weighted by atomic mass is 10.2. The van der Waals surface area contributed by atoms with Crippen LogP contribution in [0.25, 0.3) is 0 Å². The maximum Gasteiger partial charge on any atom is 0.128 e. The van der Waals surface area contributed by atoms with Crippen LogP contribution in [0.15, 0.2) is 18.2 Å². The molecule has 0 saturated heterocycles. The quantitative estimate of drug-likeness (QED) is 0.756. The Morgan fingerprint density at radius 3 is 2.80 bits per heavy atom. The van der Waals surface area contributed by atoms with E-state index in [4.69, 9.17) is 4.74 Å². The van der Waals surface area contributed by atoms with Crippen LogP contribution in [0.3, 0.4) is 0 Å². The van der Waals surface area contributed by atoms with Crippen molar-refractivity contribution in [3.8, 4) is 0 Å². The number of nitrogens with one attached hydrogen (secondary N) is 1. The van der Waals surface area contributed by atoms with Gasteiger partial charge in [0.1, 0.15) is 5.82 Å². The molecular weight excluding hydrogens is 193 g/mol. The van der Waals surface area contributed by atoms with Gasteiger partial charge >= 0.3 is 0 Å². The van der Waals surface area contributed by atoms with Crippen LogP contribution >= 0.6 is 0 Å². The second-order valence-corrected chi connectivity index (χ2v) is 3.76. The summed E-state index contributed by atoms with van der Waals surface area (Å²) >= 11 is 0. The van der Waals surface area contributed by atoms with E-state index in [9.17, 15) is 4.39 Å². The third kappa shape index (κ3) is 3.88. The summed E-state index contributed by atoms with van der Waals surface area (Å²) in [6.07, 6.45) is 0.236. The molecule has 0 aliphatic heterocycles. The van der Waals surface area contributed by atoms with Crippen LogP contribution in [0.2, 0.25) is 0 Å². The molecule has 2 nitrogen and oxygen atoms in total. The van der Waals surface area contributed by atoms with Gasteiger partial charge in [0.05, 0.1) is 12.7 Å². The van der Waals surface area contributed by atoms with E-state index in [0.717, 1.165) is 5.69 Å². The normalized spacial score (nSPS) is 10.7. The van der Waals surface area contributed by atoms with Crippen molar-refractivity contribution in [1.29, 1.82) is 0 Å². The van der Waals surface area contributed by atoms with E-state index in [-0.39, 0.29) is 11.9 Å². The van der Waals surface area contributed by atoms with Crippen molar-refractivity contribution >= 4 is 5.69 Å². The summed E-state index contributed by atoms with van der Waals surface area (Å²) < 4.78 is 18.5. The minimum atomic E-state index is -0.176. The van der Waals surface area contributed by atoms with Crippen LogP contribution in [-0.4, -0.2) is 19.3 Å². The summed E-state index contributed by atoms with van der Waals surface area (Å²) in [6.45, 7) is 7.08.